The number of phenols is 1. The number of thiophene rings is 1. The smallest absolute Gasteiger partial charge is 0.317 e. The summed E-state index contributed by atoms with van der Waals surface area (Å²) in [6, 6.07) is 41.9. The van der Waals surface area contributed by atoms with Gasteiger partial charge in [0.25, 0.3) is 5.91 Å². The van der Waals surface area contributed by atoms with E-state index >= 15 is 0 Å². The van der Waals surface area contributed by atoms with Gasteiger partial charge in [-0.3, -0.25) is 24.3 Å². The van der Waals surface area contributed by atoms with Crippen LogP contribution in [0.4, 0.5) is 0 Å². The fourth-order valence-electron chi connectivity index (χ4n) is 7.98. The van der Waals surface area contributed by atoms with E-state index in [2.05, 4.69) is 55.8 Å². The van der Waals surface area contributed by atoms with Gasteiger partial charge in [-0.15, -0.1) is 11.3 Å². The molecule has 1 aliphatic heterocycles. The Morgan fingerprint density at radius 2 is 1.61 bits per heavy atom. The largest absolute Gasteiger partial charge is 0.506 e. The highest BCUT2D eigenvalue weighted by atomic mass is 32.1. The third-order valence-corrected chi connectivity index (χ3v) is 12.5. The number of carbonyl (C=O) groups excluding carboxylic acids is 2. The molecule has 1 saturated heterocycles. The Labute approximate surface area is 364 Å². The number of ether oxygens (including phenoxy) is 1. The number of aromatic nitrogens is 2. The maximum Gasteiger partial charge on any atom is 0.317 e. The van der Waals surface area contributed by atoms with Crippen molar-refractivity contribution in [2.45, 2.75) is 44.5 Å². The standard InChI is InChI=1S/C50H49N5O6S/c56-43-19-16-40(41-17-21-46(58)54-48(41)43)44(57)30-51-27-35-14-18-42(52-28-35)49(59)53-29-39-15-20-45(62-39)37-12-7-13-38(26-37)47(36-10-5-2-6-11-36)50(60)61-32-34-22-24-55(25-23-34)31-33-8-3-1-4-9-33/h1-21,26,28,34,44,47,51,56-57H,22-25,27,29-32H2,(H,53,59)(H,54,58)/t44-,47?/m0/s1. The molecule has 316 valence electrons. The van der Waals surface area contributed by atoms with Crippen molar-refractivity contribution in [1.82, 2.24) is 25.5 Å². The average molecular weight is 848 g/mol. The van der Waals surface area contributed by atoms with Crippen molar-refractivity contribution in [2.24, 2.45) is 5.92 Å². The van der Waals surface area contributed by atoms with Crippen LogP contribution in [0.2, 0.25) is 0 Å². The van der Waals surface area contributed by atoms with Gasteiger partial charge < -0.3 is 30.6 Å². The van der Waals surface area contributed by atoms with Crippen molar-refractivity contribution in [3.63, 3.8) is 0 Å². The van der Waals surface area contributed by atoms with Crippen molar-refractivity contribution in [3.8, 4) is 16.2 Å². The number of piperidine rings is 1. The van der Waals surface area contributed by atoms with E-state index in [1.807, 2.05) is 72.8 Å². The number of carbonyl (C=O) groups is 2. The predicted molar refractivity (Wildman–Crippen MR) is 242 cm³/mol. The number of H-pyrrole nitrogens is 1. The molecule has 3 aromatic heterocycles. The Kier molecular flexibility index (Phi) is 13.6. The number of hydrogen-bond donors (Lipinski definition) is 5. The molecule has 1 aliphatic rings. The van der Waals surface area contributed by atoms with Gasteiger partial charge >= 0.3 is 5.97 Å². The lowest BCUT2D eigenvalue weighted by molar-refractivity contribution is -0.146. The SMILES string of the molecule is O=C(NCc1ccc(-c2cccc(C(C(=O)OCC3CCN(Cc4ccccc4)CC3)c3ccccc3)c2)s1)c1ccc(CNC[C@H](O)c2ccc(O)c3[nH]c(=O)ccc23)cn1. The number of likely N-dealkylation sites (tertiary alicyclic amines) is 1. The number of pyridine rings is 2. The van der Waals surface area contributed by atoms with Crippen LogP contribution in [0.15, 0.2) is 144 Å². The van der Waals surface area contributed by atoms with E-state index in [-0.39, 0.29) is 40.9 Å². The molecule has 1 unspecified atom stereocenters. The number of aliphatic hydroxyl groups is 1. The number of amides is 1. The van der Waals surface area contributed by atoms with Crippen molar-refractivity contribution >= 4 is 34.1 Å². The number of aromatic hydroxyl groups is 1. The second-order valence-corrected chi connectivity index (χ2v) is 16.9. The first kappa shape index (κ1) is 42.3. The third kappa shape index (κ3) is 10.5. The van der Waals surface area contributed by atoms with Crippen LogP contribution in [0.5, 0.6) is 5.75 Å². The van der Waals surface area contributed by atoms with Crippen LogP contribution in [-0.4, -0.2) is 63.2 Å². The first-order valence-corrected chi connectivity index (χ1v) is 21.7. The molecule has 11 nitrogen and oxygen atoms in total. The Morgan fingerprint density at radius 3 is 2.39 bits per heavy atom. The molecule has 0 spiro atoms. The summed E-state index contributed by atoms with van der Waals surface area (Å²) in [4.78, 5) is 50.1. The molecule has 4 aromatic carbocycles. The molecule has 4 heterocycles. The van der Waals surface area contributed by atoms with Crippen molar-refractivity contribution in [1.29, 1.82) is 0 Å². The summed E-state index contributed by atoms with van der Waals surface area (Å²) in [6.45, 7) is 4.27. The highest BCUT2D eigenvalue weighted by Gasteiger charge is 2.27. The van der Waals surface area contributed by atoms with Gasteiger partial charge in [0.1, 0.15) is 17.4 Å². The Bertz CT molecular complexity index is 2660. The lowest BCUT2D eigenvalue weighted by Gasteiger charge is -2.32. The summed E-state index contributed by atoms with van der Waals surface area (Å²) in [5, 5.41) is 27.7. The first-order chi connectivity index (χ1) is 30.3. The highest BCUT2D eigenvalue weighted by molar-refractivity contribution is 7.15. The lowest BCUT2D eigenvalue weighted by atomic mass is 9.90. The van der Waals surface area contributed by atoms with E-state index in [1.165, 1.54) is 17.7 Å². The first-order valence-electron chi connectivity index (χ1n) is 20.9. The lowest BCUT2D eigenvalue weighted by Crippen LogP contribution is -2.35. The molecule has 5 N–H and O–H groups in total. The summed E-state index contributed by atoms with van der Waals surface area (Å²) in [7, 11) is 0. The van der Waals surface area contributed by atoms with E-state index in [1.54, 1.807) is 35.7 Å². The second-order valence-electron chi connectivity index (χ2n) is 15.7. The number of esters is 1. The second kappa shape index (κ2) is 20.0. The van der Waals surface area contributed by atoms with Gasteiger partial charge in [0.15, 0.2) is 0 Å². The van der Waals surface area contributed by atoms with Gasteiger partial charge in [-0.1, -0.05) is 91.0 Å². The monoisotopic (exact) mass is 847 g/mol. The van der Waals surface area contributed by atoms with E-state index in [0.717, 1.165) is 64.5 Å². The summed E-state index contributed by atoms with van der Waals surface area (Å²) in [6.07, 6.45) is 2.72. The van der Waals surface area contributed by atoms with Crippen LogP contribution in [0.3, 0.4) is 0 Å². The van der Waals surface area contributed by atoms with Gasteiger partial charge in [-0.05, 0) is 102 Å². The molecular weight excluding hydrogens is 799 g/mol. The number of aliphatic hydroxyl groups excluding tert-OH is 1. The molecule has 0 saturated carbocycles. The minimum absolute atomic E-state index is 0.0656. The topological polar surface area (TPSA) is 157 Å². The zero-order valence-corrected chi connectivity index (χ0v) is 35.0. The number of hydrogen-bond acceptors (Lipinski definition) is 10. The van der Waals surface area contributed by atoms with Gasteiger partial charge in [-0.2, -0.15) is 0 Å². The molecular formula is C50H49N5O6S. The van der Waals surface area contributed by atoms with Crippen molar-refractivity contribution < 1.29 is 24.5 Å². The molecule has 12 heteroatoms. The highest BCUT2D eigenvalue weighted by Crippen LogP contribution is 2.34. The fraction of sp³-hybridized carbons (Fsp3) is 0.240. The van der Waals surface area contributed by atoms with Crippen molar-refractivity contribution in [2.75, 3.05) is 26.2 Å². The molecule has 62 heavy (non-hydrogen) atoms. The molecule has 0 bridgehead atoms. The number of phenolic OH excluding ortho intramolecular Hbond substituents is 1. The van der Waals surface area contributed by atoms with Gasteiger partial charge in [0.2, 0.25) is 5.56 Å². The molecule has 0 aliphatic carbocycles. The number of nitrogens with zero attached hydrogens (tertiary/aromatic N) is 2. The molecule has 1 amide bonds. The number of aromatic amines is 1. The Balaban J connectivity index is 0.832. The zero-order chi connectivity index (χ0) is 42.8. The quantitative estimate of drug-likeness (QED) is 0.0616. The average Bonchev–Trinajstić information content (AvgIpc) is 3.79. The van der Waals surface area contributed by atoms with Gasteiger partial charge in [-0.25, -0.2) is 0 Å². The number of nitrogens with one attached hydrogen (secondary N) is 3. The molecule has 0 radical (unpaired) electrons. The normalized spacial score (nSPS) is 14.3. The molecule has 8 rings (SSSR count). The molecule has 2 atom stereocenters. The van der Waals surface area contributed by atoms with Crippen LogP contribution in [0, 0.1) is 5.92 Å². The van der Waals surface area contributed by atoms with E-state index < -0.39 is 12.0 Å². The Hall–Kier alpha value is -6.44. The van der Waals surface area contributed by atoms with E-state index in [9.17, 15) is 24.6 Å². The minimum atomic E-state index is -0.895. The number of rotatable bonds is 16. The zero-order valence-electron chi connectivity index (χ0n) is 34.2. The fourth-order valence-corrected chi connectivity index (χ4v) is 8.92. The summed E-state index contributed by atoms with van der Waals surface area (Å²) < 4.78 is 6.08. The van der Waals surface area contributed by atoms with Crippen LogP contribution < -0.4 is 16.2 Å². The maximum absolute atomic E-state index is 13.9. The van der Waals surface area contributed by atoms with Gasteiger partial charge in [0, 0.05) is 47.0 Å². The number of fused-ring (bicyclic) bond motifs is 1. The van der Waals surface area contributed by atoms with Crippen LogP contribution in [-0.2, 0) is 29.2 Å². The number of benzene rings is 4. The Morgan fingerprint density at radius 1 is 0.839 bits per heavy atom. The van der Waals surface area contributed by atoms with E-state index in [0.29, 0.717) is 36.6 Å². The molecule has 7 aromatic rings. The van der Waals surface area contributed by atoms with Crippen LogP contribution in [0.1, 0.15) is 68.0 Å². The third-order valence-electron chi connectivity index (χ3n) is 11.4. The van der Waals surface area contributed by atoms with Gasteiger partial charge in [0.05, 0.1) is 24.8 Å². The molecule has 1 fully saturated rings. The van der Waals surface area contributed by atoms with Crippen molar-refractivity contribution in [3.05, 3.63) is 188 Å². The van der Waals surface area contributed by atoms with E-state index in [4.69, 9.17) is 4.74 Å². The summed E-state index contributed by atoms with van der Waals surface area (Å²) >= 11 is 1.58. The predicted octanol–water partition coefficient (Wildman–Crippen LogP) is 7.70. The van der Waals surface area contributed by atoms with Crippen LogP contribution in [0.25, 0.3) is 21.3 Å². The maximum atomic E-state index is 13.9. The minimum Gasteiger partial charge on any atom is -0.506 e. The van der Waals surface area contributed by atoms with Crippen LogP contribution >= 0.6 is 11.3 Å². The summed E-state index contributed by atoms with van der Waals surface area (Å²) in [5.74, 6) is -0.833. The summed E-state index contributed by atoms with van der Waals surface area (Å²) in [5.41, 5.74) is 5.68.